The van der Waals surface area contributed by atoms with Crippen LogP contribution in [0.15, 0.2) is 47.6 Å². The topological polar surface area (TPSA) is 55.7 Å². The summed E-state index contributed by atoms with van der Waals surface area (Å²) in [5.41, 5.74) is 6.44. The highest BCUT2D eigenvalue weighted by atomic mass is 32.2. The number of oxime groups is 1. The molecule has 21 heavy (non-hydrogen) atoms. The van der Waals surface area contributed by atoms with Crippen LogP contribution in [0.4, 0.5) is 0 Å². The van der Waals surface area contributed by atoms with E-state index in [9.17, 15) is 8.42 Å². The summed E-state index contributed by atoms with van der Waals surface area (Å²) >= 11 is 0. The number of rotatable bonds is 3. The van der Waals surface area contributed by atoms with Gasteiger partial charge in [-0.15, -0.1) is 0 Å². The van der Waals surface area contributed by atoms with Crippen molar-refractivity contribution in [2.45, 2.75) is 13.3 Å². The van der Waals surface area contributed by atoms with E-state index in [0.29, 0.717) is 5.71 Å². The molecule has 0 N–H and O–H groups in total. The molecule has 0 radical (unpaired) electrons. The average molecular weight is 301 g/mol. The maximum absolute atomic E-state index is 11.0. The van der Waals surface area contributed by atoms with Gasteiger partial charge in [0.2, 0.25) is 0 Å². The third-order valence-corrected chi connectivity index (χ3v) is 3.87. The van der Waals surface area contributed by atoms with Gasteiger partial charge in [-0.25, -0.2) is 0 Å². The van der Waals surface area contributed by atoms with Crippen molar-refractivity contribution < 1.29 is 12.7 Å². The smallest absolute Gasteiger partial charge is 0.268 e. The van der Waals surface area contributed by atoms with E-state index in [1.807, 2.05) is 24.3 Å². The molecule has 2 aromatic carbocycles. The normalized spacial score (nSPS) is 13.7. The van der Waals surface area contributed by atoms with Crippen molar-refractivity contribution in [3.63, 3.8) is 0 Å². The standard InChI is InChI=1S/C16H15NO3S/c1-11(17-20-21(2,18)19)12-7-8-16-14(9-12)10-13-5-3-4-6-15(13)16/h3-9H,10H2,1-2H3. The molecule has 0 heterocycles. The molecule has 0 saturated carbocycles. The SMILES string of the molecule is CC(=NOS(C)(=O)=O)c1ccc2c(c1)Cc1ccccc1-2. The number of nitrogens with zero attached hydrogens (tertiary/aromatic N) is 1. The van der Waals surface area contributed by atoms with Crippen molar-refractivity contribution in [3.05, 3.63) is 59.2 Å². The van der Waals surface area contributed by atoms with Gasteiger partial charge >= 0.3 is 10.1 Å². The van der Waals surface area contributed by atoms with Crippen molar-refractivity contribution in [2.24, 2.45) is 5.16 Å². The molecule has 0 amide bonds. The second-order valence-electron chi connectivity index (χ2n) is 5.16. The molecule has 3 rings (SSSR count). The van der Waals surface area contributed by atoms with E-state index in [0.717, 1.165) is 18.2 Å². The van der Waals surface area contributed by atoms with E-state index in [4.69, 9.17) is 0 Å². The van der Waals surface area contributed by atoms with Crippen LogP contribution in [0, 0.1) is 0 Å². The van der Waals surface area contributed by atoms with E-state index in [2.05, 4.69) is 27.6 Å². The first-order valence-corrected chi connectivity index (χ1v) is 8.40. The molecule has 0 fully saturated rings. The molecule has 0 bridgehead atoms. The highest BCUT2D eigenvalue weighted by Crippen LogP contribution is 2.36. The molecule has 0 unspecified atom stereocenters. The minimum atomic E-state index is -3.57. The quantitative estimate of drug-likeness (QED) is 0.552. The van der Waals surface area contributed by atoms with Crippen LogP contribution in [0.25, 0.3) is 11.1 Å². The first-order valence-electron chi connectivity index (χ1n) is 6.59. The summed E-state index contributed by atoms with van der Waals surface area (Å²) in [7, 11) is -3.57. The Morgan fingerprint density at radius 3 is 2.57 bits per heavy atom. The van der Waals surface area contributed by atoms with E-state index in [1.54, 1.807) is 6.92 Å². The lowest BCUT2D eigenvalue weighted by molar-refractivity contribution is 0.343. The van der Waals surface area contributed by atoms with Gasteiger partial charge in [-0.05, 0) is 47.2 Å². The van der Waals surface area contributed by atoms with Crippen molar-refractivity contribution in [1.82, 2.24) is 0 Å². The molecule has 1 aliphatic rings. The first kappa shape index (κ1) is 13.8. The van der Waals surface area contributed by atoms with E-state index >= 15 is 0 Å². The average Bonchev–Trinajstić information content (AvgIpc) is 2.81. The molecular weight excluding hydrogens is 286 g/mol. The Morgan fingerprint density at radius 2 is 1.81 bits per heavy atom. The largest absolute Gasteiger partial charge is 0.325 e. The molecular formula is C16H15NO3S. The molecule has 0 spiro atoms. The molecule has 108 valence electrons. The Hall–Kier alpha value is -2.14. The lowest BCUT2D eigenvalue weighted by atomic mass is 10.0. The Kier molecular flexibility index (Phi) is 3.29. The Bertz CT molecular complexity index is 838. The van der Waals surface area contributed by atoms with Crippen LogP contribution < -0.4 is 0 Å². The van der Waals surface area contributed by atoms with Gasteiger partial charge in [0.1, 0.15) is 0 Å². The molecule has 2 aromatic rings. The first-order chi connectivity index (χ1) is 9.94. The molecule has 0 atom stereocenters. The zero-order valence-electron chi connectivity index (χ0n) is 11.8. The Morgan fingerprint density at radius 1 is 1.10 bits per heavy atom. The van der Waals surface area contributed by atoms with Crippen LogP contribution in [0.2, 0.25) is 0 Å². The predicted molar refractivity (Wildman–Crippen MR) is 82.8 cm³/mol. The molecule has 0 saturated heterocycles. The van der Waals surface area contributed by atoms with Crippen molar-refractivity contribution >= 4 is 15.8 Å². The van der Waals surface area contributed by atoms with Crippen LogP contribution in [0.1, 0.15) is 23.6 Å². The number of benzene rings is 2. The second-order valence-corrected chi connectivity index (χ2v) is 6.72. The van der Waals surface area contributed by atoms with Gasteiger partial charge in [0.15, 0.2) is 0 Å². The van der Waals surface area contributed by atoms with Gasteiger partial charge in [0.25, 0.3) is 0 Å². The minimum absolute atomic E-state index is 0.541. The van der Waals surface area contributed by atoms with Crippen LogP contribution >= 0.6 is 0 Å². The summed E-state index contributed by atoms with van der Waals surface area (Å²) in [6.07, 6.45) is 1.86. The molecule has 1 aliphatic carbocycles. The van der Waals surface area contributed by atoms with E-state index in [-0.39, 0.29) is 0 Å². The van der Waals surface area contributed by atoms with Crippen LogP contribution in [-0.2, 0) is 20.8 Å². The zero-order valence-corrected chi connectivity index (χ0v) is 12.6. The van der Waals surface area contributed by atoms with Crippen molar-refractivity contribution in [3.8, 4) is 11.1 Å². The summed E-state index contributed by atoms with van der Waals surface area (Å²) in [6.45, 7) is 1.73. The van der Waals surface area contributed by atoms with E-state index < -0.39 is 10.1 Å². The minimum Gasteiger partial charge on any atom is -0.268 e. The lowest BCUT2D eigenvalue weighted by Gasteiger charge is -2.05. The van der Waals surface area contributed by atoms with Gasteiger partial charge in [0, 0.05) is 0 Å². The summed E-state index contributed by atoms with van der Waals surface area (Å²) < 4.78 is 26.4. The fraction of sp³-hybridized carbons (Fsp3) is 0.188. The molecule has 5 heteroatoms. The molecule has 0 aromatic heterocycles. The Balaban J connectivity index is 1.94. The van der Waals surface area contributed by atoms with Crippen molar-refractivity contribution in [1.29, 1.82) is 0 Å². The summed E-state index contributed by atoms with van der Waals surface area (Å²) in [4.78, 5) is 0. The zero-order chi connectivity index (χ0) is 15.0. The van der Waals surface area contributed by atoms with Gasteiger partial charge in [-0.3, -0.25) is 4.28 Å². The second kappa shape index (κ2) is 5.00. The van der Waals surface area contributed by atoms with Gasteiger partial charge < -0.3 is 0 Å². The lowest BCUT2D eigenvalue weighted by Crippen LogP contribution is -2.02. The number of fused-ring (bicyclic) bond motifs is 3. The van der Waals surface area contributed by atoms with Crippen molar-refractivity contribution in [2.75, 3.05) is 6.26 Å². The highest BCUT2D eigenvalue weighted by molar-refractivity contribution is 7.85. The molecule has 0 aliphatic heterocycles. The van der Waals surface area contributed by atoms with E-state index in [1.165, 1.54) is 22.3 Å². The maximum Gasteiger partial charge on any atom is 0.325 e. The van der Waals surface area contributed by atoms with Gasteiger partial charge in [-0.2, -0.15) is 8.42 Å². The predicted octanol–water partition coefficient (Wildman–Crippen LogP) is 2.96. The maximum atomic E-state index is 11.0. The van der Waals surface area contributed by atoms with Crippen LogP contribution in [-0.4, -0.2) is 20.4 Å². The highest BCUT2D eigenvalue weighted by Gasteiger charge is 2.18. The monoisotopic (exact) mass is 301 g/mol. The van der Waals surface area contributed by atoms with Gasteiger partial charge in [-0.1, -0.05) is 41.6 Å². The summed E-state index contributed by atoms with van der Waals surface area (Å²) in [6, 6.07) is 14.4. The summed E-state index contributed by atoms with van der Waals surface area (Å²) in [5, 5.41) is 3.67. The van der Waals surface area contributed by atoms with Gasteiger partial charge in [0.05, 0.1) is 12.0 Å². The Labute approximate surface area is 124 Å². The molecule has 4 nitrogen and oxygen atoms in total. The summed E-state index contributed by atoms with van der Waals surface area (Å²) in [5.74, 6) is 0. The number of hydrogen-bond donors (Lipinski definition) is 0. The fourth-order valence-corrected chi connectivity index (χ4v) is 2.79. The van der Waals surface area contributed by atoms with Crippen LogP contribution in [0.3, 0.4) is 0 Å². The van der Waals surface area contributed by atoms with Crippen LogP contribution in [0.5, 0.6) is 0 Å². The number of hydrogen-bond acceptors (Lipinski definition) is 4. The third kappa shape index (κ3) is 2.83. The third-order valence-electron chi connectivity index (χ3n) is 3.52. The fourth-order valence-electron chi connectivity index (χ4n) is 2.55.